The second kappa shape index (κ2) is 11.4. The molecule has 2 fully saturated rings. The first kappa shape index (κ1) is 24.1. The molecule has 3 aliphatic heterocycles. The second-order valence-corrected chi connectivity index (χ2v) is 10.7. The molecule has 4 heterocycles. The van der Waals surface area contributed by atoms with E-state index in [1.165, 1.54) is 54.6 Å². The van der Waals surface area contributed by atoms with Crippen molar-refractivity contribution in [2.24, 2.45) is 5.92 Å². The van der Waals surface area contributed by atoms with E-state index >= 15 is 0 Å². The molecule has 1 aromatic carbocycles. The number of rotatable bonds is 9. The van der Waals surface area contributed by atoms with Crippen molar-refractivity contribution in [1.29, 1.82) is 0 Å². The fraction of sp³-hybridized carbons (Fsp3) is 0.586. The van der Waals surface area contributed by atoms with Gasteiger partial charge in [0.05, 0.1) is 6.42 Å². The van der Waals surface area contributed by atoms with E-state index < -0.39 is 5.97 Å². The minimum absolute atomic E-state index is 0.0318. The molecular formula is C29H40N4O2. The number of fused-ring (bicyclic) bond motifs is 1. The van der Waals surface area contributed by atoms with E-state index in [1.54, 1.807) is 0 Å². The molecule has 35 heavy (non-hydrogen) atoms. The van der Waals surface area contributed by atoms with Gasteiger partial charge in [0.2, 0.25) is 0 Å². The number of anilines is 2. The number of aliphatic carboxylic acids is 1. The number of nitrogens with one attached hydrogen (secondary N) is 1. The fourth-order valence-electron chi connectivity index (χ4n) is 6.11. The lowest BCUT2D eigenvalue weighted by Crippen LogP contribution is -2.30. The summed E-state index contributed by atoms with van der Waals surface area (Å²) in [4.78, 5) is 21.5. The van der Waals surface area contributed by atoms with Crippen LogP contribution in [0.5, 0.6) is 0 Å². The number of aryl methyl sites for hydroxylation is 2. The van der Waals surface area contributed by atoms with Crippen LogP contribution >= 0.6 is 0 Å². The van der Waals surface area contributed by atoms with Crippen molar-refractivity contribution in [3.05, 3.63) is 53.2 Å². The summed E-state index contributed by atoms with van der Waals surface area (Å²) in [6.07, 6.45) is 9.68. The van der Waals surface area contributed by atoms with Crippen molar-refractivity contribution >= 4 is 17.5 Å². The summed E-state index contributed by atoms with van der Waals surface area (Å²) in [6, 6.07) is 13.1. The van der Waals surface area contributed by atoms with Crippen LogP contribution in [0.1, 0.15) is 67.7 Å². The number of piperidine rings is 1. The molecule has 0 spiro atoms. The molecule has 2 aromatic rings. The van der Waals surface area contributed by atoms with Crippen LogP contribution in [0.4, 0.5) is 11.5 Å². The molecule has 0 saturated carbocycles. The maximum Gasteiger partial charge on any atom is 0.304 e. The van der Waals surface area contributed by atoms with Crippen molar-refractivity contribution in [2.45, 2.75) is 63.7 Å². The largest absolute Gasteiger partial charge is 0.481 e. The summed E-state index contributed by atoms with van der Waals surface area (Å²) >= 11 is 0. The summed E-state index contributed by atoms with van der Waals surface area (Å²) in [5.74, 6) is 1.07. The van der Waals surface area contributed by atoms with Crippen LogP contribution < -0.4 is 10.2 Å². The Morgan fingerprint density at radius 3 is 2.86 bits per heavy atom. The van der Waals surface area contributed by atoms with E-state index in [4.69, 9.17) is 4.98 Å². The van der Waals surface area contributed by atoms with Crippen LogP contribution in [0.25, 0.3) is 0 Å². The zero-order chi connectivity index (χ0) is 24.0. The first-order valence-corrected chi connectivity index (χ1v) is 13.7. The number of nitrogens with zero attached hydrogens (tertiary/aromatic N) is 3. The smallest absolute Gasteiger partial charge is 0.304 e. The third-order valence-electron chi connectivity index (χ3n) is 8.09. The van der Waals surface area contributed by atoms with Gasteiger partial charge in [0.25, 0.3) is 0 Å². The molecule has 188 valence electrons. The number of hydrogen-bond donors (Lipinski definition) is 2. The third kappa shape index (κ3) is 6.35. The van der Waals surface area contributed by atoms with Gasteiger partial charge in [0, 0.05) is 50.0 Å². The van der Waals surface area contributed by atoms with Gasteiger partial charge in [-0.2, -0.15) is 0 Å². The highest BCUT2D eigenvalue weighted by molar-refractivity contribution is 5.68. The van der Waals surface area contributed by atoms with E-state index in [-0.39, 0.29) is 12.3 Å². The summed E-state index contributed by atoms with van der Waals surface area (Å²) in [7, 11) is 0. The maximum atomic E-state index is 11.7. The Morgan fingerprint density at radius 1 is 1.11 bits per heavy atom. The number of carboxylic acids is 1. The minimum atomic E-state index is -0.707. The maximum absolute atomic E-state index is 11.7. The molecule has 0 aliphatic carbocycles. The zero-order valence-electron chi connectivity index (χ0n) is 20.9. The van der Waals surface area contributed by atoms with Crippen LogP contribution in [0.15, 0.2) is 36.4 Å². The second-order valence-electron chi connectivity index (χ2n) is 10.7. The zero-order valence-corrected chi connectivity index (χ0v) is 20.9. The molecule has 6 nitrogen and oxygen atoms in total. The topological polar surface area (TPSA) is 68.7 Å². The molecule has 3 aliphatic rings. The number of hydrogen-bond acceptors (Lipinski definition) is 5. The SMILES string of the molecule is O=C(O)C[C@@H](CN1CC[C@@H](CCc2ccc3c(n2)NCCC3)C1)c1cccc(N2CCCCC2)c1. The van der Waals surface area contributed by atoms with Gasteiger partial charge in [-0.3, -0.25) is 4.79 Å². The van der Waals surface area contributed by atoms with Crippen LogP contribution in [-0.2, 0) is 17.6 Å². The highest BCUT2D eigenvalue weighted by atomic mass is 16.4. The first-order valence-electron chi connectivity index (χ1n) is 13.7. The monoisotopic (exact) mass is 476 g/mol. The van der Waals surface area contributed by atoms with Crippen LogP contribution in [0.2, 0.25) is 0 Å². The van der Waals surface area contributed by atoms with E-state index in [9.17, 15) is 9.90 Å². The van der Waals surface area contributed by atoms with Crippen molar-refractivity contribution in [3.63, 3.8) is 0 Å². The minimum Gasteiger partial charge on any atom is -0.481 e. The molecule has 0 unspecified atom stereocenters. The van der Waals surface area contributed by atoms with Crippen molar-refractivity contribution in [3.8, 4) is 0 Å². The van der Waals surface area contributed by atoms with Gasteiger partial charge in [-0.15, -0.1) is 0 Å². The van der Waals surface area contributed by atoms with Crippen LogP contribution in [-0.4, -0.2) is 60.2 Å². The van der Waals surface area contributed by atoms with Crippen molar-refractivity contribution < 1.29 is 9.90 Å². The summed E-state index contributed by atoms with van der Waals surface area (Å²) in [5.41, 5.74) is 4.96. The molecule has 0 amide bonds. The number of carboxylic acid groups (broad SMARTS) is 1. The fourth-order valence-corrected chi connectivity index (χ4v) is 6.11. The molecule has 0 bridgehead atoms. The number of likely N-dealkylation sites (tertiary alicyclic amines) is 1. The lowest BCUT2D eigenvalue weighted by atomic mass is 9.94. The van der Waals surface area contributed by atoms with Gasteiger partial charge in [-0.1, -0.05) is 18.2 Å². The average molecular weight is 477 g/mol. The Morgan fingerprint density at radius 2 is 2.00 bits per heavy atom. The molecule has 0 radical (unpaired) electrons. The first-order chi connectivity index (χ1) is 17.1. The molecule has 6 heteroatoms. The van der Waals surface area contributed by atoms with Gasteiger partial charge in [-0.05, 0) is 93.2 Å². The van der Waals surface area contributed by atoms with Gasteiger partial charge in [0.1, 0.15) is 5.82 Å². The predicted octanol–water partition coefficient (Wildman–Crippen LogP) is 4.94. The van der Waals surface area contributed by atoms with Crippen molar-refractivity contribution in [1.82, 2.24) is 9.88 Å². The molecule has 2 saturated heterocycles. The van der Waals surface area contributed by atoms with E-state index in [0.717, 1.165) is 64.3 Å². The summed E-state index contributed by atoms with van der Waals surface area (Å²) in [6.45, 7) is 6.19. The van der Waals surface area contributed by atoms with E-state index in [2.05, 4.69) is 51.5 Å². The summed E-state index contributed by atoms with van der Waals surface area (Å²) in [5, 5.41) is 13.1. The van der Waals surface area contributed by atoms with Crippen molar-refractivity contribution in [2.75, 3.05) is 49.5 Å². The average Bonchev–Trinajstić information content (AvgIpc) is 3.34. The Bertz CT molecular complexity index is 1000. The number of pyridine rings is 1. The normalized spacial score (nSPS) is 21.4. The Labute approximate surface area is 209 Å². The molecular weight excluding hydrogens is 436 g/mol. The van der Waals surface area contributed by atoms with Gasteiger partial charge in [-0.25, -0.2) is 4.98 Å². The van der Waals surface area contributed by atoms with Gasteiger partial charge < -0.3 is 20.2 Å². The molecule has 5 rings (SSSR count). The standard InChI is InChI=1S/C29H40N4O2/c34-28(35)19-25(24-6-4-8-27(18-24)33-15-2-1-3-16-33)21-32-17-13-22(20-32)9-11-26-12-10-23-7-5-14-30-29(23)31-26/h4,6,8,10,12,18,22,25H,1-3,5,7,9,11,13-17,19-21H2,(H,30,31)(H,34,35)/t22-,25+/m1/s1. The van der Waals surface area contributed by atoms with E-state index in [1.807, 2.05) is 0 Å². The number of carbonyl (C=O) groups is 1. The molecule has 1 aromatic heterocycles. The highest BCUT2D eigenvalue weighted by Gasteiger charge is 2.27. The number of benzene rings is 1. The lowest BCUT2D eigenvalue weighted by molar-refractivity contribution is -0.137. The molecule has 2 N–H and O–H groups in total. The van der Waals surface area contributed by atoms with Gasteiger partial charge in [0.15, 0.2) is 0 Å². The van der Waals surface area contributed by atoms with E-state index in [0.29, 0.717) is 5.92 Å². The third-order valence-corrected chi connectivity index (χ3v) is 8.09. The van der Waals surface area contributed by atoms with Crippen LogP contribution in [0, 0.1) is 5.92 Å². The predicted molar refractivity (Wildman–Crippen MR) is 141 cm³/mol. The highest BCUT2D eigenvalue weighted by Crippen LogP contribution is 2.30. The quantitative estimate of drug-likeness (QED) is 0.534. The lowest BCUT2D eigenvalue weighted by Gasteiger charge is -2.30. The van der Waals surface area contributed by atoms with Gasteiger partial charge >= 0.3 is 5.97 Å². The van der Waals surface area contributed by atoms with Crippen LogP contribution in [0.3, 0.4) is 0 Å². The Balaban J connectivity index is 1.17. The molecule has 2 atom stereocenters. The number of aromatic nitrogens is 1. The summed E-state index contributed by atoms with van der Waals surface area (Å²) < 4.78 is 0. The Kier molecular flexibility index (Phi) is 7.87. The Hall–Kier alpha value is -2.60.